The number of rotatable bonds is 3. The van der Waals surface area contributed by atoms with Crippen LogP contribution in [0.15, 0.2) is 40.9 Å². The van der Waals surface area contributed by atoms with Crippen molar-refractivity contribution in [1.82, 2.24) is 15.0 Å². The number of aryl methyl sites for hydroxylation is 1. The van der Waals surface area contributed by atoms with Gasteiger partial charge in [-0.2, -0.15) is 0 Å². The maximum atomic E-state index is 5.55. The third kappa shape index (κ3) is 2.56. The highest BCUT2D eigenvalue weighted by molar-refractivity contribution is 7.99. The van der Waals surface area contributed by atoms with Crippen molar-refractivity contribution in [3.8, 4) is 0 Å². The Morgan fingerprint density at radius 1 is 1.38 bits per heavy atom. The van der Waals surface area contributed by atoms with Gasteiger partial charge in [0.25, 0.3) is 0 Å². The van der Waals surface area contributed by atoms with Gasteiger partial charge in [-0.15, -0.1) is 0 Å². The van der Waals surface area contributed by atoms with E-state index in [9.17, 15) is 0 Å². The van der Waals surface area contributed by atoms with Crippen molar-refractivity contribution in [1.29, 1.82) is 0 Å². The van der Waals surface area contributed by atoms with Crippen molar-refractivity contribution in [2.75, 3.05) is 0 Å². The summed E-state index contributed by atoms with van der Waals surface area (Å²) in [6.45, 7) is 2.54. The lowest BCUT2D eigenvalue weighted by atomic mass is 10.2. The average Bonchev–Trinajstić information content (AvgIpc) is 2.33. The molecule has 0 fully saturated rings. The second kappa shape index (κ2) is 5.05. The van der Waals surface area contributed by atoms with Crippen molar-refractivity contribution in [3.63, 3.8) is 0 Å². The lowest BCUT2D eigenvalue weighted by Crippen LogP contribution is -1.98. The molecule has 2 aromatic rings. The molecule has 2 aromatic heterocycles. The average molecular weight is 232 g/mol. The largest absolute Gasteiger partial charge is 0.326 e. The summed E-state index contributed by atoms with van der Waals surface area (Å²) in [4.78, 5) is 12.4. The van der Waals surface area contributed by atoms with Crippen molar-refractivity contribution in [3.05, 3.63) is 42.0 Å². The molecular formula is C11H12N4S. The number of nitrogens with zero attached hydrogens (tertiary/aromatic N) is 3. The maximum Gasteiger partial charge on any atom is 0.116 e. The molecule has 4 nitrogen and oxygen atoms in total. The Morgan fingerprint density at radius 3 is 2.88 bits per heavy atom. The zero-order valence-corrected chi connectivity index (χ0v) is 9.74. The number of aromatic nitrogens is 3. The van der Waals surface area contributed by atoms with Crippen molar-refractivity contribution >= 4 is 11.8 Å². The SMILES string of the molecule is Cc1cc(CN)cnc1Sc1ccncn1. The van der Waals surface area contributed by atoms with Crippen LogP contribution < -0.4 is 5.73 Å². The smallest absolute Gasteiger partial charge is 0.116 e. The summed E-state index contributed by atoms with van der Waals surface area (Å²) >= 11 is 1.53. The first-order chi connectivity index (χ1) is 7.79. The normalized spacial score (nSPS) is 10.4. The summed E-state index contributed by atoms with van der Waals surface area (Å²) < 4.78 is 0. The lowest BCUT2D eigenvalue weighted by Gasteiger charge is -2.05. The molecule has 5 heteroatoms. The zero-order chi connectivity index (χ0) is 11.4. The highest BCUT2D eigenvalue weighted by Crippen LogP contribution is 2.26. The molecule has 2 rings (SSSR count). The quantitative estimate of drug-likeness (QED) is 0.817. The van der Waals surface area contributed by atoms with E-state index in [1.807, 2.05) is 13.0 Å². The molecular weight excluding hydrogens is 220 g/mol. The van der Waals surface area contributed by atoms with Gasteiger partial charge in [-0.1, -0.05) is 6.07 Å². The summed E-state index contributed by atoms with van der Waals surface area (Å²) in [6, 6.07) is 3.92. The Morgan fingerprint density at radius 2 is 2.25 bits per heavy atom. The molecule has 82 valence electrons. The summed E-state index contributed by atoms with van der Waals surface area (Å²) in [5.74, 6) is 0. The molecule has 0 amide bonds. The number of pyridine rings is 1. The van der Waals surface area contributed by atoms with E-state index in [2.05, 4.69) is 21.0 Å². The van der Waals surface area contributed by atoms with Gasteiger partial charge in [0.05, 0.1) is 0 Å². The van der Waals surface area contributed by atoms with Gasteiger partial charge in [0, 0.05) is 18.9 Å². The minimum absolute atomic E-state index is 0.520. The fourth-order valence-electron chi connectivity index (χ4n) is 1.28. The van der Waals surface area contributed by atoms with Crippen LogP contribution in [-0.4, -0.2) is 15.0 Å². The van der Waals surface area contributed by atoms with E-state index in [-0.39, 0.29) is 0 Å². The molecule has 0 spiro atoms. The van der Waals surface area contributed by atoms with E-state index in [0.29, 0.717) is 6.54 Å². The van der Waals surface area contributed by atoms with Crippen molar-refractivity contribution in [2.45, 2.75) is 23.5 Å². The van der Waals surface area contributed by atoms with Crippen molar-refractivity contribution in [2.24, 2.45) is 5.73 Å². The minimum atomic E-state index is 0.520. The summed E-state index contributed by atoms with van der Waals surface area (Å²) in [6.07, 6.45) is 5.06. The first-order valence-electron chi connectivity index (χ1n) is 4.89. The Labute approximate surface area is 98.3 Å². The monoisotopic (exact) mass is 232 g/mol. The lowest BCUT2D eigenvalue weighted by molar-refractivity contribution is 0.980. The first-order valence-corrected chi connectivity index (χ1v) is 5.70. The van der Waals surface area contributed by atoms with E-state index in [1.165, 1.54) is 18.1 Å². The highest BCUT2D eigenvalue weighted by Gasteiger charge is 2.04. The molecule has 0 aliphatic heterocycles. The third-order valence-corrected chi connectivity index (χ3v) is 3.15. The Balaban J connectivity index is 2.22. The Hall–Kier alpha value is -1.46. The first kappa shape index (κ1) is 11.0. The van der Waals surface area contributed by atoms with Gasteiger partial charge in [-0.05, 0) is 35.9 Å². The van der Waals surface area contributed by atoms with Crippen LogP contribution in [0.1, 0.15) is 11.1 Å². The zero-order valence-electron chi connectivity index (χ0n) is 8.92. The topological polar surface area (TPSA) is 64.7 Å². The molecule has 0 aromatic carbocycles. The van der Waals surface area contributed by atoms with E-state index in [0.717, 1.165) is 21.2 Å². The molecule has 0 saturated heterocycles. The van der Waals surface area contributed by atoms with Crippen LogP contribution in [0, 0.1) is 6.92 Å². The Bertz CT molecular complexity index is 473. The van der Waals surface area contributed by atoms with Gasteiger partial charge < -0.3 is 5.73 Å². The van der Waals surface area contributed by atoms with Crippen LogP contribution in [0.25, 0.3) is 0 Å². The van der Waals surface area contributed by atoms with E-state index < -0.39 is 0 Å². The maximum absolute atomic E-state index is 5.55. The fourth-order valence-corrected chi connectivity index (χ4v) is 2.03. The molecule has 16 heavy (non-hydrogen) atoms. The summed E-state index contributed by atoms with van der Waals surface area (Å²) in [7, 11) is 0. The van der Waals surface area contributed by atoms with Crippen LogP contribution in [-0.2, 0) is 6.54 Å². The Kier molecular flexibility index (Phi) is 3.48. The van der Waals surface area contributed by atoms with Crippen LogP contribution in [0.5, 0.6) is 0 Å². The van der Waals surface area contributed by atoms with E-state index in [4.69, 9.17) is 5.73 Å². The number of hydrogen-bond acceptors (Lipinski definition) is 5. The predicted molar refractivity (Wildman–Crippen MR) is 63.0 cm³/mol. The van der Waals surface area contributed by atoms with Gasteiger partial charge in [-0.25, -0.2) is 15.0 Å². The van der Waals surface area contributed by atoms with Crippen LogP contribution in [0.3, 0.4) is 0 Å². The predicted octanol–water partition coefficient (Wildman–Crippen LogP) is 1.79. The van der Waals surface area contributed by atoms with Crippen molar-refractivity contribution < 1.29 is 0 Å². The number of hydrogen-bond donors (Lipinski definition) is 1. The molecule has 0 aliphatic rings. The number of nitrogens with two attached hydrogens (primary N) is 1. The third-order valence-electron chi connectivity index (χ3n) is 2.08. The van der Waals surface area contributed by atoms with Gasteiger partial charge in [-0.3, -0.25) is 0 Å². The van der Waals surface area contributed by atoms with E-state index in [1.54, 1.807) is 12.4 Å². The minimum Gasteiger partial charge on any atom is -0.326 e. The summed E-state index contributed by atoms with van der Waals surface area (Å²) in [5, 5.41) is 1.85. The molecule has 0 bridgehead atoms. The highest BCUT2D eigenvalue weighted by atomic mass is 32.2. The molecule has 2 N–H and O–H groups in total. The van der Waals surface area contributed by atoms with Gasteiger partial charge in [0.15, 0.2) is 0 Å². The van der Waals surface area contributed by atoms with Crippen LogP contribution >= 0.6 is 11.8 Å². The fraction of sp³-hybridized carbons (Fsp3) is 0.182. The van der Waals surface area contributed by atoms with Gasteiger partial charge >= 0.3 is 0 Å². The van der Waals surface area contributed by atoms with Crippen LogP contribution in [0.2, 0.25) is 0 Å². The molecule has 0 aliphatic carbocycles. The summed E-state index contributed by atoms with van der Waals surface area (Å²) in [5.41, 5.74) is 7.72. The molecule has 0 unspecified atom stereocenters. The molecule has 0 radical (unpaired) electrons. The van der Waals surface area contributed by atoms with Crippen LogP contribution in [0.4, 0.5) is 0 Å². The molecule has 0 atom stereocenters. The second-order valence-electron chi connectivity index (χ2n) is 3.32. The molecule has 2 heterocycles. The van der Waals surface area contributed by atoms with Gasteiger partial charge in [0.1, 0.15) is 16.4 Å². The molecule has 0 saturated carbocycles. The van der Waals surface area contributed by atoms with E-state index >= 15 is 0 Å². The van der Waals surface area contributed by atoms with Gasteiger partial charge in [0.2, 0.25) is 0 Å². The standard InChI is InChI=1S/C11H12N4S/c1-8-4-9(5-12)6-14-11(8)16-10-2-3-13-7-15-10/h2-4,6-7H,5,12H2,1H3. The second-order valence-corrected chi connectivity index (χ2v) is 4.33.